The highest BCUT2D eigenvalue weighted by atomic mass is 127. The van der Waals surface area contributed by atoms with Crippen molar-refractivity contribution < 1.29 is 18.0 Å². The first-order chi connectivity index (χ1) is 11.7. The van der Waals surface area contributed by atoms with Gasteiger partial charge in [0.1, 0.15) is 5.56 Å². The number of nitrogens with one attached hydrogen (secondary N) is 1. The Hall–Kier alpha value is -1.84. The molecule has 1 aliphatic carbocycles. The summed E-state index contributed by atoms with van der Waals surface area (Å²) in [4.78, 5) is 25.0. The van der Waals surface area contributed by atoms with E-state index < -0.39 is 23.2 Å². The zero-order valence-corrected chi connectivity index (χ0v) is 15.3. The number of pyridine rings is 1. The van der Waals surface area contributed by atoms with Crippen molar-refractivity contribution in [3.8, 4) is 5.69 Å². The first-order valence-electron chi connectivity index (χ1n) is 7.59. The summed E-state index contributed by atoms with van der Waals surface area (Å²) in [7, 11) is 0. The minimum absolute atomic E-state index is 0.0701. The van der Waals surface area contributed by atoms with Crippen LogP contribution in [0.15, 0.2) is 35.1 Å². The fourth-order valence-corrected chi connectivity index (χ4v) is 3.01. The van der Waals surface area contributed by atoms with Crippen LogP contribution in [0.2, 0.25) is 0 Å². The molecule has 1 aromatic carbocycles. The molecule has 1 saturated carbocycles. The zero-order valence-electron chi connectivity index (χ0n) is 13.2. The van der Waals surface area contributed by atoms with E-state index in [4.69, 9.17) is 0 Å². The Balaban J connectivity index is 2.14. The zero-order chi connectivity index (χ0) is 18.4. The Labute approximate surface area is 155 Å². The highest BCUT2D eigenvalue weighted by Gasteiger charge is 2.31. The van der Waals surface area contributed by atoms with E-state index in [1.165, 1.54) is 18.2 Å². The van der Waals surface area contributed by atoms with Crippen molar-refractivity contribution in [2.75, 3.05) is 0 Å². The number of hydrogen-bond acceptors (Lipinski definition) is 2. The summed E-state index contributed by atoms with van der Waals surface area (Å²) >= 11 is 1.96. The standard InChI is InChI=1S/C17H14F3IN2O2/c1-9-14(21)8-13(15(24)22-11-5-6-11)16(25)23(9)12-4-2-3-10(7-12)17(18,19)20/h2-4,7-8,11H,5-6H2,1H3,(H,22,24). The van der Waals surface area contributed by atoms with Gasteiger partial charge in [0.2, 0.25) is 0 Å². The molecule has 1 aliphatic rings. The summed E-state index contributed by atoms with van der Waals surface area (Å²) < 4.78 is 40.7. The number of benzene rings is 1. The Kier molecular flexibility index (Phi) is 4.65. The van der Waals surface area contributed by atoms with Crippen molar-refractivity contribution >= 4 is 28.5 Å². The van der Waals surface area contributed by atoms with Gasteiger partial charge in [0.05, 0.1) is 5.56 Å². The molecule has 132 valence electrons. The van der Waals surface area contributed by atoms with Crippen LogP contribution in [0.4, 0.5) is 13.2 Å². The topological polar surface area (TPSA) is 51.1 Å². The molecule has 1 amide bonds. The smallest absolute Gasteiger partial charge is 0.349 e. The maximum absolute atomic E-state index is 13.0. The number of nitrogens with zero attached hydrogens (tertiary/aromatic N) is 1. The number of hydrogen-bond donors (Lipinski definition) is 1. The van der Waals surface area contributed by atoms with Gasteiger partial charge < -0.3 is 5.32 Å². The van der Waals surface area contributed by atoms with E-state index in [9.17, 15) is 22.8 Å². The second-order valence-electron chi connectivity index (χ2n) is 5.93. The van der Waals surface area contributed by atoms with Crippen LogP contribution in [0, 0.1) is 10.5 Å². The molecule has 0 atom stereocenters. The number of rotatable bonds is 3. The van der Waals surface area contributed by atoms with Gasteiger partial charge in [-0.15, -0.1) is 0 Å². The number of aromatic nitrogens is 1. The third-order valence-corrected chi connectivity index (χ3v) is 5.07. The number of halogens is 4. The lowest BCUT2D eigenvalue weighted by atomic mass is 10.1. The Bertz CT molecular complexity index is 902. The predicted molar refractivity (Wildman–Crippen MR) is 95.0 cm³/mol. The average molecular weight is 462 g/mol. The van der Waals surface area contributed by atoms with Gasteiger partial charge in [-0.25, -0.2) is 0 Å². The molecule has 1 aromatic heterocycles. The highest BCUT2D eigenvalue weighted by Crippen LogP contribution is 2.30. The summed E-state index contributed by atoms with van der Waals surface area (Å²) in [6, 6.07) is 6.06. The van der Waals surface area contributed by atoms with Crippen molar-refractivity contribution in [1.29, 1.82) is 0 Å². The van der Waals surface area contributed by atoms with E-state index in [1.807, 2.05) is 22.6 Å². The van der Waals surface area contributed by atoms with Crippen molar-refractivity contribution in [3.05, 3.63) is 61.1 Å². The van der Waals surface area contributed by atoms with Gasteiger partial charge in [-0.1, -0.05) is 6.07 Å². The Morgan fingerprint density at radius 3 is 2.56 bits per heavy atom. The van der Waals surface area contributed by atoms with E-state index in [0.29, 0.717) is 9.26 Å². The van der Waals surface area contributed by atoms with Crippen molar-refractivity contribution in [2.24, 2.45) is 0 Å². The van der Waals surface area contributed by atoms with E-state index in [0.717, 1.165) is 29.5 Å². The third-order valence-electron chi connectivity index (χ3n) is 3.97. The molecule has 4 nitrogen and oxygen atoms in total. The van der Waals surface area contributed by atoms with Crippen LogP contribution in [-0.4, -0.2) is 16.5 Å². The van der Waals surface area contributed by atoms with Gasteiger partial charge in [0, 0.05) is 21.0 Å². The molecule has 0 bridgehead atoms. The highest BCUT2D eigenvalue weighted by molar-refractivity contribution is 14.1. The number of carbonyl (C=O) groups is 1. The van der Waals surface area contributed by atoms with E-state index in [-0.39, 0.29) is 17.3 Å². The van der Waals surface area contributed by atoms with Gasteiger partial charge in [-0.2, -0.15) is 13.2 Å². The molecule has 0 aliphatic heterocycles. The quantitative estimate of drug-likeness (QED) is 0.709. The normalized spacial score (nSPS) is 14.4. The van der Waals surface area contributed by atoms with Crippen LogP contribution in [0.1, 0.15) is 34.5 Å². The van der Waals surface area contributed by atoms with Crippen LogP contribution in [0.5, 0.6) is 0 Å². The summed E-state index contributed by atoms with van der Waals surface area (Å²) in [5.74, 6) is -0.494. The van der Waals surface area contributed by atoms with Crippen LogP contribution in [0.25, 0.3) is 5.69 Å². The van der Waals surface area contributed by atoms with Crippen LogP contribution in [-0.2, 0) is 6.18 Å². The predicted octanol–water partition coefficient (Wildman–Crippen LogP) is 3.66. The van der Waals surface area contributed by atoms with E-state index in [1.54, 1.807) is 6.92 Å². The lowest BCUT2D eigenvalue weighted by Crippen LogP contribution is -2.35. The SMILES string of the molecule is Cc1c(I)cc(C(=O)NC2CC2)c(=O)n1-c1cccc(C(F)(F)F)c1. The summed E-state index contributed by atoms with van der Waals surface area (Å²) in [6.07, 6.45) is -2.77. The van der Waals surface area contributed by atoms with Crippen molar-refractivity contribution in [2.45, 2.75) is 32.0 Å². The molecule has 3 rings (SSSR count). The molecule has 2 aromatic rings. The van der Waals surface area contributed by atoms with E-state index >= 15 is 0 Å². The lowest BCUT2D eigenvalue weighted by Gasteiger charge is -2.15. The minimum Gasteiger partial charge on any atom is -0.349 e. The third kappa shape index (κ3) is 3.73. The van der Waals surface area contributed by atoms with Gasteiger partial charge in [0.25, 0.3) is 11.5 Å². The molecule has 25 heavy (non-hydrogen) atoms. The second kappa shape index (κ2) is 6.47. The summed E-state index contributed by atoms with van der Waals surface area (Å²) in [5.41, 5.74) is -0.988. The Morgan fingerprint density at radius 1 is 1.28 bits per heavy atom. The number of amides is 1. The van der Waals surface area contributed by atoms with Gasteiger partial charge in [-0.05, 0) is 66.6 Å². The van der Waals surface area contributed by atoms with Crippen molar-refractivity contribution in [1.82, 2.24) is 9.88 Å². The Morgan fingerprint density at radius 2 is 1.96 bits per heavy atom. The maximum atomic E-state index is 13.0. The molecule has 0 radical (unpaired) electrons. The fraction of sp³-hybridized carbons (Fsp3) is 0.294. The van der Waals surface area contributed by atoms with Crippen molar-refractivity contribution in [3.63, 3.8) is 0 Å². The molecule has 1 heterocycles. The first kappa shape index (κ1) is 18.0. The molecule has 0 unspecified atom stereocenters. The monoisotopic (exact) mass is 462 g/mol. The molecular weight excluding hydrogens is 448 g/mol. The summed E-state index contributed by atoms with van der Waals surface area (Å²) in [6.45, 7) is 1.63. The second-order valence-corrected chi connectivity index (χ2v) is 7.09. The van der Waals surface area contributed by atoms with E-state index in [2.05, 4.69) is 5.32 Å². The number of alkyl halides is 3. The first-order valence-corrected chi connectivity index (χ1v) is 8.67. The fourth-order valence-electron chi connectivity index (χ4n) is 2.46. The van der Waals surface area contributed by atoms with Gasteiger partial charge >= 0.3 is 6.18 Å². The average Bonchev–Trinajstić information content (AvgIpc) is 3.34. The largest absolute Gasteiger partial charge is 0.416 e. The summed E-state index contributed by atoms with van der Waals surface area (Å²) in [5, 5.41) is 2.74. The molecule has 1 fully saturated rings. The molecule has 1 N–H and O–H groups in total. The van der Waals surface area contributed by atoms with Crippen LogP contribution < -0.4 is 10.9 Å². The molecule has 0 spiro atoms. The van der Waals surface area contributed by atoms with Gasteiger partial charge in [0.15, 0.2) is 0 Å². The van der Waals surface area contributed by atoms with Gasteiger partial charge in [-0.3, -0.25) is 14.2 Å². The molecule has 8 heteroatoms. The van der Waals surface area contributed by atoms with Crippen LogP contribution >= 0.6 is 22.6 Å². The lowest BCUT2D eigenvalue weighted by molar-refractivity contribution is -0.137. The molecular formula is C17H14F3IN2O2. The maximum Gasteiger partial charge on any atom is 0.416 e. The minimum atomic E-state index is -4.51. The van der Waals surface area contributed by atoms with Crippen LogP contribution in [0.3, 0.4) is 0 Å². The number of carbonyl (C=O) groups excluding carboxylic acids is 1. The molecule has 0 saturated heterocycles.